The van der Waals surface area contributed by atoms with Crippen LogP contribution in [0.5, 0.6) is 0 Å². The number of nitrogens with zero attached hydrogens (tertiary/aromatic N) is 4. The average Bonchev–Trinajstić information content (AvgIpc) is 2.83. The van der Waals surface area contributed by atoms with Gasteiger partial charge in [0.05, 0.1) is 6.10 Å². The Hall–Kier alpha value is -1.40. The maximum absolute atomic E-state index is 12.3. The minimum absolute atomic E-state index is 0.0597. The highest BCUT2D eigenvalue weighted by molar-refractivity contribution is 5.92. The maximum atomic E-state index is 12.3. The lowest BCUT2D eigenvalue weighted by Crippen LogP contribution is -2.41. The summed E-state index contributed by atoms with van der Waals surface area (Å²) in [6, 6.07) is 1.77. The number of aryl methyl sites for hydroxylation is 1. The summed E-state index contributed by atoms with van der Waals surface area (Å²) in [6.45, 7) is 1.16. The van der Waals surface area contributed by atoms with Crippen LogP contribution in [-0.4, -0.2) is 69.9 Å². The Morgan fingerprint density at radius 3 is 2.89 bits per heavy atom. The van der Waals surface area contributed by atoms with Gasteiger partial charge in [-0.25, -0.2) is 0 Å². The van der Waals surface area contributed by atoms with Crippen LogP contribution in [0, 0.1) is 0 Å². The summed E-state index contributed by atoms with van der Waals surface area (Å²) in [6.07, 6.45) is 1.96. The van der Waals surface area contributed by atoms with Crippen molar-refractivity contribution in [1.82, 2.24) is 19.6 Å². The van der Waals surface area contributed by atoms with E-state index >= 15 is 0 Å². The molecule has 2 rings (SSSR count). The molecule has 0 spiro atoms. The zero-order valence-electron chi connectivity index (χ0n) is 11.1. The second-order valence-electron chi connectivity index (χ2n) is 5.14. The second kappa shape index (κ2) is 5.07. The minimum Gasteiger partial charge on any atom is -0.391 e. The van der Waals surface area contributed by atoms with E-state index in [1.165, 1.54) is 0 Å². The third-order valence-corrected chi connectivity index (χ3v) is 3.16. The highest BCUT2D eigenvalue weighted by Gasteiger charge is 2.35. The molecule has 1 aliphatic heterocycles. The van der Waals surface area contributed by atoms with E-state index < -0.39 is 6.10 Å². The van der Waals surface area contributed by atoms with E-state index in [1.807, 2.05) is 19.0 Å². The molecule has 0 saturated carbocycles. The molecule has 1 saturated heterocycles. The van der Waals surface area contributed by atoms with Crippen LogP contribution < -0.4 is 0 Å². The molecule has 0 aliphatic carbocycles. The van der Waals surface area contributed by atoms with Gasteiger partial charge < -0.3 is 14.9 Å². The van der Waals surface area contributed by atoms with Crippen LogP contribution in [0.25, 0.3) is 0 Å². The number of aliphatic hydroxyl groups excluding tert-OH is 1. The number of hydrogen-bond donors (Lipinski definition) is 1. The van der Waals surface area contributed by atoms with Crippen molar-refractivity contribution in [2.24, 2.45) is 7.05 Å². The first-order chi connectivity index (χ1) is 8.47. The third-order valence-electron chi connectivity index (χ3n) is 3.16. The molecule has 2 unspecified atom stereocenters. The van der Waals surface area contributed by atoms with E-state index in [4.69, 9.17) is 0 Å². The van der Waals surface area contributed by atoms with E-state index in [0.717, 1.165) is 6.54 Å². The lowest BCUT2D eigenvalue weighted by Gasteiger charge is -2.26. The van der Waals surface area contributed by atoms with Crippen molar-refractivity contribution in [2.75, 3.05) is 27.2 Å². The molecule has 1 fully saturated rings. The molecule has 2 heterocycles. The molecule has 2 atom stereocenters. The summed E-state index contributed by atoms with van der Waals surface area (Å²) in [5.74, 6) is -0.0981. The topological polar surface area (TPSA) is 61.6 Å². The molecule has 1 amide bonds. The van der Waals surface area contributed by atoms with E-state index in [-0.39, 0.29) is 11.9 Å². The van der Waals surface area contributed by atoms with Gasteiger partial charge in [-0.05, 0) is 26.6 Å². The molecule has 1 aliphatic rings. The first-order valence-electron chi connectivity index (χ1n) is 6.11. The molecule has 100 valence electrons. The van der Waals surface area contributed by atoms with Gasteiger partial charge in [-0.15, -0.1) is 0 Å². The Morgan fingerprint density at radius 2 is 2.33 bits per heavy atom. The lowest BCUT2D eigenvalue weighted by atomic mass is 10.2. The fourth-order valence-electron chi connectivity index (χ4n) is 2.41. The van der Waals surface area contributed by atoms with Crippen LogP contribution in [0.1, 0.15) is 16.9 Å². The number of carbonyl (C=O) groups excluding carboxylic acids is 1. The van der Waals surface area contributed by atoms with Crippen molar-refractivity contribution < 1.29 is 9.90 Å². The standard InChI is InChI=1S/C12H20N4O2/c1-14(2)7-9-6-10(17)8-16(9)12(18)11-4-5-15(3)13-11/h4-5,9-10,17H,6-8H2,1-3H3. The maximum Gasteiger partial charge on any atom is 0.274 e. The third kappa shape index (κ3) is 2.70. The average molecular weight is 252 g/mol. The van der Waals surface area contributed by atoms with Gasteiger partial charge >= 0.3 is 0 Å². The van der Waals surface area contributed by atoms with Gasteiger partial charge in [0, 0.05) is 32.4 Å². The highest BCUT2D eigenvalue weighted by atomic mass is 16.3. The summed E-state index contributed by atoms with van der Waals surface area (Å²) in [4.78, 5) is 16.1. The molecule has 6 nitrogen and oxygen atoms in total. The van der Waals surface area contributed by atoms with Gasteiger partial charge in [-0.1, -0.05) is 0 Å². The molecule has 1 aromatic rings. The first kappa shape index (κ1) is 13.0. The zero-order chi connectivity index (χ0) is 13.3. The van der Waals surface area contributed by atoms with Gasteiger partial charge in [0.25, 0.3) is 5.91 Å². The van der Waals surface area contributed by atoms with Crippen molar-refractivity contribution in [3.05, 3.63) is 18.0 Å². The largest absolute Gasteiger partial charge is 0.391 e. The van der Waals surface area contributed by atoms with Crippen LogP contribution in [0.3, 0.4) is 0 Å². The smallest absolute Gasteiger partial charge is 0.274 e. The van der Waals surface area contributed by atoms with Crippen molar-refractivity contribution in [3.8, 4) is 0 Å². The van der Waals surface area contributed by atoms with Crippen LogP contribution >= 0.6 is 0 Å². The summed E-state index contributed by atoms with van der Waals surface area (Å²) in [7, 11) is 5.72. The molecule has 0 bridgehead atoms. The molecule has 0 radical (unpaired) electrons. The van der Waals surface area contributed by atoms with Crippen LogP contribution in [0.15, 0.2) is 12.3 Å². The fraction of sp³-hybridized carbons (Fsp3) is 0.667. The van der Waals surface area contributed by atoms with Crippen molar-refractivity contribution >= 4 is 5.91 Å². The monoisotopic (exact) mass is 252 g/mol. The summed E-state index contributed by atoms with van der Waals surface area (Å²) < 4.78 is 1.61. The normalized spacial score (nSPS) is 23.9. The number of aromatic nitrogens is 2. The molecule has 1 N–H and O–H groups in total. The number of likely N-dealkylation sites (tertiary alicyclic amines) is 1. The Bertz CT molecular complexity index is 429. The number of likely N-dealkylation sites (N-methyl/N-ethyl adjacent to an activating group) is 1. The molecule has 0 aromatic carbocycles. The molecule has 18 heavy (non-hydrogen) atoms. The Kier molecular flexibility index (Phi) is 3.68. The predicted molar refractivity (Wildman–Crippen MR) is 67.2 cm³/mol. The molecular weight excluding hydrogens is 232 g/mol. The number of amides is 1. The number of hydrogen-bond acceptors (Lipinski definition) is 4. The van der Waals surface area contributed by atoms with E-state index in [9.17, 15) is 9.90 Å². The van der Waals surface area contributed by atoms with Gasteiger partial charge in [-0.2, -0.15) is 5.10 Å². The SMILES string of the molecule is CN(C)CC1CC(O)CN1C(=O)c1ccn(C)n1. The van der Waals surface area contributed by atoms with E-state index in [0.29, 0.717) is 18.7 Å². The lowest BCUT2D eigenvalue weighted by molar-refractivity contribution is 0.0692. The van der Waals surface area contributed by atoms with Crippen LogP contribution in [-0.2, 0) is 7.05 Å². The fourth-order valence-corrected chi connectivity index (χ4v) is 2.41. The molecule has 1 aromatic heterocycles. The van der Waals surface area contributed by atoms with Crippen molar-refractivity contribution in [3.63, 3.8) is 0 Å². The van der Waals surface area contributed by atoms with Crippen molar-refractivity contribution in [1.29, 1.82) is 0 Å². The van der Waals surface area contributed by atoms with Crippen LogP contribution in [0.4, 0.5) is 0 Å². The Labute approximate surface area is 107 Å². The predicted octanol–water partition coefficient (Wildman–Crippen LogP) is -0.443. The first-order valence-corrected chi connectivity index (χ1v) is 6.11. The molecule has 6 heteroatoms. The number of carbonyl (C=O) groups is 1. The number of β-amino-alcohol motifs (C(OH)–C–C–N with tert-alkyl or cyclic N) is 1. The Morgan fingerprint density at radius 1 is 1.61 bits per heavy atom. The van der Waals surface area contributed by atoms with E-state index in [2.05, 4.69) is 5.10 Å². The van der Waals surface area contributed by atoms with Gasteiger partial charge in [0.1, 0.15) is 5.69 Å². The molecular formula is C12H20N4O2. The minimum atomic E-state index is -0.428. The Balaban J connectivity index is 2.12. The van der Waals surface area contributed by atoms with Gasteiger partial charge in [-0.3, -0.25) is 9.48 Å². The summed E-state index contributed by atoms with van der Waals surface area (Å²) in [5.41, 5.74) is 0.440. The number of rotatable bonds is 3. The van der Waals surface area contributed by atoms with Gasteiger partial charge in [0.15, 0.2) is 0 Å². The van der Waals surface area contributed by atoms with E-state index in [1.54, 1.807) is 28.9 Å². The van der Waals surface area contributed by atoms with Crippen molar-refractivity contribution in [2.45, 2.75) is 18.6 Å². The van der Waals surface area contributed by atoms with Crippen LogP contribution in [0.2, 0.25) is 0 Å². The summed E-state index contributed by atoms with van der Waals surface area (Å²) >= 11 is 0. The number of aliphatic hydroxyl groups is 1. The quantitative estimate of drug-likeness (QED) is 0.792. The second-order valence-corrected chi connectivity index (χ2v) is 5.14. The zero-order valence-corrected chi connectivity index (χ0v) is 11.1. The highest BCUT2D eigenvalue weighted by Crippen LogP contribution is 2.20. The van der Waals surface area contributed by atoms with Gasteiger partial charge in [0.2, 0.25) is 0 Å². The summed E-state index contributed by atoms with van der Waals surface area (Å²) in [5, 5.41) is 13.9.